The molecule has 3 rings (SSSR count). The number of rotatable bonds is 11. The van der Waals surface area contributed by atoms with Crippen LogP contribution in [0.3, 0.4) is 0 Å². The van der Waals surface area contributed by atoms with Gasteiger partial charge in [0, 0.05) is 11.3 Å². The summed E-state index contributed by atoms with van der Waals surface area (Å²) in [6.45, 7) is 1.91. The van der Waals surface area contributed by atoms with Gasteiger partial charge in [-0.1, -0.05) is 48.7 Å². The van der Waals surface area contributed by atoms with E-state index >= 15 is 0 Å². The van der Waals surface area contributed by atoms with Crippen molar-refractivity contribution in [1.82, 2.24) is 5.43 Å². The lowest BCUT2D eigenvalue weighted by molar-refractivity contribution is -0.118. The number of benzene rings is 3. The summed E-state index contributed by atoms with van der Waals surface area (Å²) >= 11 is 14.0. The molecule has 0 saturated heterocycles. The lowest BCUT2D eigenvalue weighted by Crippen LogP contribution is -2.20. The number of nitrogens with one attached hydrogen (secondary N) is 2. The maximum Gasteiger partial charge on any atom is 0.271 e. The molecule has 0 aliphatic rings. The number of carbonyl (C=O) groups excluding carboxylic acids is 2. The van der Waals surface area contributed by atoms with E-state index in [1.807, 2.05) is 12.1 Å². The zero-order valence-electron chi connectivity index (χ0n) is 20.3. The number of halogens is 3. The average Bonchev–Trinajstić information content (AvgIpc) is 2.89. The second kappa shape index (κ2) is 14.2. The van der Waals surface area contributed by atoms with Crippen molar-refractivity contribution in [3.63, 3.8) is 0 Å². The molecular formula is C27H26Cl2IN3O4. The monoisotopic (exact) mass is 653 g/mol. The Labute approximate surface area is 239 Å². The third-order valence-corrected chi connectivity index (χ3v) is 6.76. The Balaban J connectivity index is 1.59. The molecule has 0 heterocycles. The van der Waals surface area contributed by atoms with Gasteiger partial charge in [0.1, 0.15) is 0 Å². The molecule has 0 fully saturated rings. The quantitative estimate of drug-likeness (QED) is 0.136. The summed E-state index contributed by atoms with van der Waals surface area (Å²) in [4.78, 5) is 24.7. The third kappa shape index (κ3) is 8.62. The van der Waals surface area contributed by atoms with Crippen LogP contribution < -0.4 is 20.2 Å². The van der Waals surface area contributed by atoms with Gasteiger partial charge in [0.15, 0.2) is 18.1 Å². The molecule has 0 radical (unpaired) electrons. The van der Waals surface area contributed by atoms with Gasteiger partial charge in [-0.3, -0.25) is 9.59 Å². The number of aryl methyl sites for hydroxylation is 1. The van der Waals surface area contributed by atoms with Crippen LogP contribution in [0.1, 0.15) is 41.3 Å². The maximum absolute atomic E-state index is 12.4. The largest absolute Gasteiger partial charge is 0.493 e. The second-order valence-electron chi connectivity index (χ2n) is 8.00. The second-order valence-corrected chi connectivity index (χ2v) is 9.98. The molecule has 37 heavy (non-hydrogen) atoms. The highest BCUT2D eigenvalue weighted by Crippen LogP contribution is 2.33. The number of amides is 2. The fraction of sp³-hybridized carbons (Fsp3) is 0.222. The number of nitrogens with zero attached hydrogens (tertiary/aromatic N) is 1. The van der Waals surface area contributed by atoms with E-state index < -0.39 is 0 Å². The van der Waals surface area contributed by atoms with Crippen molar-refractivity contribution in [2.45, 2.75) is 26.2 Å². The lowest BCUT2D eigenvalue weighted by Gasteiger charge is -2.13. The van der Waals surface area contributed by atoms with E-state index in [1.54, 1.807) is 42.5 Å². The van der Waals surface area contributed by atoms with Gasteiger partial charge in [-0.2, -0.15) is 5.10 Å². The standard InChI is InChI=1S/C27H26Cl2IN3O4/c1-3-4-5-17-6-8-19(9-7-17)27(35)33-31-15-18-12-23(30)26(24(13-18)36-2)37-16-25(34)32-20-10-11-21(28)22(29)14-20/h6-15H,3-5,16H2,1-2H3,(H,32,34)(H,33,35)/b31-15+. The predicted octanol–water partition coefficient (Wildman–Crippen LogP) is 6.73. The van der Waals surface area contributed by atoms with Gasteiger partial charge in [-0.15, -0.1) is 0 Å². The van der Waals surface area contributed by atoms with Gasteiger partial charge >= 0.3 is 0 Å². The van der Waals surface area contributed by atoms with Crippen LogP contribution in [0.15, 0.2) is 59.7 Å². The average molecular weight is 654 g/mol. The Morgan fingerprint density at radius 2 is 1.81 bits per heavy atom. The van der Waals surface area contributed by atoms with Crippen LogP contribution in [0.5, 0.6) is 11.5 Å². The number of methoxy groups -OCH3 is 1. The van der Waals surface area contributed by atoms with E-state index in [1.165, 1.54) is 18.9 Å². The molecule has 0 aromatic heterocycles. The Bertz CT molecular complexity index is 1280. The molecule has 0 atom stereocenters. The first-order chi connectivity index (χ1) is 17.8. The number of ether oxygens (including phenoxy) is 2. The van der Waals surface area contributed by atoms with E-state index in [4.69, 9.17) is 32.7 Å². The lowest BCUT2D eigenvalue weighted by atomic mass is 10.1. The summed E-state index contributed by atoms with van der Waals surface area (Å²) in [7, 11) is 1.50. The summed E-state index contributed by atoms with van der Waals surface area (Å²) < 4.78 is 11.9. The van der Waals surface area contributed by atoms with Crippen molar-refractivity contribution >= 4 is 69.5 Å². The van der Waals surface area contributed by atoms with Crippen molar-refractivity contribution in [3.05, 3.63) is 84.9 Å². The summed E-state index contributed by atoms with van der Waals surface area (Å²) in [6.07, 6.45) is 4.76. The zero-order valence-corrected chi connectivity index (χ0v) is 24.0. The molecule has 7 nitrogen and oxygen atoms in total. The van der Waals surface area contributed by atoms with Crippen LogP contribution in [-0.2, 0) is 11.2 Å². The molecular weight excluding hydrogens is 628 g/mol. The van der Waals surface area contributed by atoms with Gasteiger partial charge in [0.05, 0.1) is 26.9 Å². The fourth-order valence-electron chi connectivity index (χ4n) is 3.30. The first kappa shape index (κ1) is 28.7. The van der Waals surface area contributed by atoms with E-state index in [2.05, 4.69) is 45.4 Å². The van der Waals surface area contributed by atoms with Gasteiger partial charge in [-0.25, -0.2) is 5.43 Å². The van der Waals surface area contributed by atoms with Crippen molar-refractivity contribution in [2.75, 3.05) is 19.0 Å². The third-order valence-electron chi connectivity index (χ3n) is 5.22. The topological polar surface area (TPSA) is 89.0 Å². The number of hydrazone groups is 1. The minimum Gasteiger partial charge on any atom is -0.493 e. The van der Waals surface area contributed by atoms with Gasteiger partial charge in [0.25, 0.3) is 11.8 Å². The molecule has 10 heteroatoms. The summed E-state index contributed by atoms with van der Waals surface area (Å²) in [5, 5.41) is 7.50. The van der Waals surface area contributed by atoms with E-state index in [9.17, 15) is 9.59 Å². The fourth-order valence-corrected chi connectivity index (χ4v) is 4.38. The molecule has 0 spiro atoms. The van der Waals surface area contributed by atoms with Crippen molar-refractivity contribution in [1.29, 1.82) is 0 Å². The van der Waals surface area contributed by atoms with Crippen molar-refractivity contribution in [2.24, 2.45) is 5.10 Å². The number of anilines is 1. The molecule has 2 amide bonds. The van der Waals surface area contributed by atoms with Crippen molar-refractivity contribution in [3.8, 4) is 11.5 Å². The first-order valence-electron chi connectivity index (χ1n) is 11.5. The highest BCUT2D eigenvalue weighted by molar-refractivity contribution is 14.1. The normalized spacial score (nSPS) is 10.8. The number of carbonyl (C=O) groups is 2. The number of unbranched alkanes of at least 4 members (excludes halogenated alkanes) is 1. The Morgan fingerprint density at radius 1 is 1.05 bits per heavy atom. The van der Waals surface area contributed by atoms with Crippen LogP contribution in [0, 0.1) is 3.57 Å². The maximum atomic E-state index is 12.4. The smallest absolute Gasteiger partial charge is 0.271 e. The summed E-state index contributed by atoms with van der Waals surface area (Å²) in [5.41, 5.74) is 5.47. The molecule has 3 aromatic carbocycles. The summed E-state index contributed by atoms with van der Waals surface area (Å²) in [5.74, 6) is 0.164. The Morgan fingerprint density at radius 3 is 2.49 bits per heavy atom. The number of hydrogen-bond acceptors (Lipinski definition) is 5. The predicted molar refractivity (Wildman–Crippen MR) is 156 cm³/mol. The van der Waals surface area contributed by atoms with E-state index in [0.717, 1.165) is 19.3 Å². The molecule has 0 bridgehead atoms. The molecule has 0 saturated carbocycles. The molecule has 0 aliphatic carbocycles. The first-order valence-corrected chi connectivity index (χ1v) is 13.3. The molecule has 0 unspecified atom stereocenters. The summed E-state index contributed by atoms with van der Waals surface area (Å²) in [6, 6.07) is 15.8. The van der Waals surface area contributed by atoms with Gasteiger partial charge in [0.2, 0.25) is 0 Å². The highest BCUT2D eigenvalue weighted by Gasteiger charge is 2.14. The SMILES string of the molecule is CCCCc1ccc(C(=O)N/N=C/c2cc(I)c(OCC(=O)Nc3ccc(Cl)c(Cl)c3)c(OC)c2)cc1. The molecule has 3 aromatic rings. The highest BCUT2D eigenvalue weighted by atomic mass is 127. The van der Waals surface area contributed by atoms with Crippen LogP contribution in [0.2, 0.25) is 10.0 Å². The van der Waals surface area contributed by atoms with Crippen LogP contribution in [0.25, 0.3) is 0 Å². The van der Waals surface area contributed by atoms with Gasteiger partial charge in [-0.05, 0) is 89.0 Å². The van der Waals surface area contributed by atoms with Crippen LogP contribution in [-0.4, -0.2) is 31.7 Å². The minimum atomic E-state index is -0.372. The zero-order chi connectivity index (χ0) is 26.8. The van der Waals surface area contributed by atoms with E-state index in [0.29, 0.717) is 41.9 Å². The number of hydrogen-bond donors (Lipinski definition) is 2. The van der Waals surface area contributed by atoms with Gasteiger partial charge < -0.3 is 14.8 Å². The Hall–Kier alpha value is -2.82. The van der Waals surface area contributed by atoms with Crippen molar-refractivity contribution < 1.29 is 19.1 Å². The molecule has 2 N–H and O–H groups in total. The van der Waals surface area contributed by atoms with E-state index in [-0.39, 0.29) is 18.4 Å². The van der Waals surface area contributed by atoms with Crippen LogP contribution in [0.4, 0.5) is 5.69 Å². The van der Waals surface area contributed by atoms with Crippen LogP contribution >= 0.6 is 45.8 Å². The Kier molecular flexibility index (Phi) is 11.0. The minimum absolute atomic E-state index is 0.243. The molecule has 194 valence electrons. The molecule has 0 aliphatic heterocycles.